The van der Waals surface area contributed by atoms with Gasteiger partial charge in [-0.25, -0.2) is 4.99 Å². The number of hydrogen-bond acceptors (Lipinski definition) is 4. The van der Waals surface area contributed by atoms with E-state index in [4.69, 9.17) is 9.41 Å². The van der Waals surface area contributed by atoms with E-state index in [9.17, 15) is 0 Å². The van der Waals surface area contributed by atoms with Crippen LogP contribution in [0.2, 0.25) is 0 Å². The molecule has 3 nitrogen and oxygen atoms in total. The van der Waals surface area contributed by atoms with Gasteiger partial charge in [0.25, 0.3) is 0 Å². The molecule has 0 bridgehead atoms. The molecule has 0 amide bonds. The van der Waals surface area contributed by atoms with Crippen molar-refractivity contribution in [3.8, 4) is 22.5 Å². The van der Waals surface area contributed by atoms with Crippen molar-refractivity contribution in [1.82, 2.24) is 0 Å². The molecule has 4 heteroatoms. The van der Waals surface area contributed by atoms with Crippen molar-refractivity contribution in [2.24, 2.45) is 4.99 Å². The maximum atomic E-state index is 6.75. The Kier molecular flexibility index (Phi) is 7.91. The third kappa shape index (κ3) is 5.86. The summed E-state index contributed by atoms with van der Waals surface area (Å²) in [6.45, 7) is 8.63. The maximum absolute atomic E-state index is 6.75. The molecule has 45 heavy (non-hydrogen) atoms. The van der Waals surface area contributed by atoms with Crippen molar-refractivity contribution in [3.05, 3.63) is 149 Å². The number of fused-ring (bicyclic) bond motifs is 2. The smallest absolute Gasteiger partial charge is 0.137 e. The van der Waals surface area contributed by atoms with Crippen LogP contribution in [-0.4, -0.2) is 0 Å². The molecule has 0 fully saturated rings. The summed E-state index contributed by atoms with van der Waals surface area (Å²) in [6, 6.07) is 38.5. The highest BCUT2D eigenvalue weighted by atomic mass is 32.2. The van der Waals surface area contributed by atoms with Gasteiger partial charge in [0.2, 0.25) is 0 Å². The standard InChI is InChI=1S/C41H36N2OS/c1-26-12-10-13-27(2)40(26)42-30-20-22-33-36(24-30)44-37-25-31(43-41-28(3)14-11-15-29(41)4)21-23-34(37)39(33)35-18-8-9-19-38(35)45-32-16-6-5-7-17-32/h5-10,12-14,16-25,42H,11,15H2,1-4H3. The summed E-state index contributed by atoms with van der Waals surface area (Å²) in [7, 11) is 0. The number of benzene rings is 5. The van der Waals surface area contributed by atoms with Crippen molar-refractivity contribution in [2.75, 3.05) is 5.32 Å². The summed E-state index contributed by atoms with van der Waals surface area (Å²) >= 11 is 1.79. The Balaban J connectivity index is 1.44. The first-order valence-corrected chi connectivity index (χ1v) is 16.3. The largest absolute Gasteiger partial charge is 0.456 e. The molecule has 0 radical (unpaired) electrons. The molecule has 3 aliphatic rings. The highest BCUT2D eigenvalue weighted by Gasteiger charge is 2.20. The number of aryl methyl sites for hydroxylation is 2. The van der Waals surface area contributed by atoms with Crippen LogP contribution in [0.1, 0.15) is 37.8 Å². The summed E-state index contributed by atoms with van der Waals surface area (Å²) in [4.78, 5) is 7.52. The van der Waals surface area contributed by atoms with Gasteiger partial charge in [0.15, 0.2) is 0 Å². The average molecular weight is 605 g/mol. The second kappa shape index (κ2) is 12.3. The molecule has 1 N–H and O–H groups in total. The number of nitrogens with zero attached hydrogens (tertiary/aromatic N) is 1. The van der Waals surface area contributed by atoms with Gasteiger partial charge in [-0.2, -0.15) is 0 Å². The second-order valence-electron chi connectivity index (χ2n) is 11.8. The molecule has 2 aliphatic carbocycles. The van der Waals surface area contributed by atoms with Crippen molar-refractivity contribution >= 4 is 34.1 Å². The Morgan fingerprint density at radius 3 is 2.31 bits per heavy atom. The van der Waals surface area contributed by atoms with E-state index in [0.29, 0.717) is 0 Å². The number of hydrogen-bond donors (Lipinski definition) is 1. The Morgan fingerprint density at radius 2 is 1.51 bits per heavy atom. The molecule has 222 valence electrons. The van der Waals surface area contributed by atoms with E-state index in [1.807, 2.05) is 0 Å². The van der Waals surface area contributed by atoms with Crippen LogP contribution in [0.3, 0.4) is 0 Å². The molecule has 1 heterocycles. The van der Waals surface area contributed by atoms with Crippen molar-refractivity contribution in [1.29, 1.82) is 0 Å². The molecule has 4 aromatic rings. The van der Waals surface area contributed by atoms with E-state index >= 15 is 0 Å². The lowest BCUT2D eigenvalue weighted by atomic mass is 9.93. The van der Waals surface area contributed by atoms with Gasteiger partial charge in [-0.3, -0.25) is 0 Å². The minimum Gasteiger partial charge on any atom is -0.456 e. The Morgan fingerprint density at radius 1 is 0.733 bits per heavy atom. The molecule has 0 atom stereocenters. The van der Waals surface area contributed by atoms with E-state index in [0.717, 1.165) is 57.6 Å². The highest BCUT2D eigenvalue weighted by Crippen LogP contribution is 2.45. The minimum absolute atomic E-state index is 0.818. The molecule has 0 saturated heterocycles. The van der Waals surface area contributed by atoms with Gasteiger partial charge < -0.3 is 9.73 Å². The predicted molar refractivity (Wildman–Crippen MR) is 189 cm³/mol. The number of nitrogens with one attached hydrogen (secondary N) is 1. The summed E-state index contributed by atoms with van der Waals surface area (Å²) in [5.41, 5.74) is 12.4. The lowest BCUT2D eigenvalue weighted by Gasteiger charge is -2.19. The summed E-state index contributed by atoms with van der Waals surface area (Å²) in [5, 5.41) is 5.64. The molecular formula is C41H36N2OS. The zero-order valence-corrected chi connectivity index (χ0v) is 27.0. The molecule has 0 unspecified atom stereocenters. The van der Waals surface area contributed by atoms with E-state index in [1.54, 1.807) is 11.8 Å². The lowest BCUT2D eigenvalue weighted by Crippen LogP contribution is -2.06. The SMILES string of the molecule is CC1=CCCC(C)=C1N=c1ccc2c(-c3ccccc3Sc3ccccc3)c3ccc(Nc4c(C)cccc4C)cc3oc-2c1. The third-order valence-electron chi connectivity index (χ3n) is 8.57. The lowest BCUT2D eigenvalue weighted by molar-refractivity contribution is 0.619. The van der Waals surface area contributed by atoms with Crippen molar-refractivity contribution in [3.63, 3.8) is 0 Å². The van der Waals surface area contributed by atoms with Crippen LogP contribution < -0.4 is 10.7 Å². The van der Waals surface area contributed by atoms with E-state index in [-0.39, 0.29) is 0 Å². The van der Waals surface area contributed by atoms with Crippen LogP contribution in [0.25, 0.3) is 33.4 Å². The first kappa shape index (κ1) is 28.9. The Labute approximate surface area is 269 Å². The number of anilines is 2. The van der Waals surface area contributed by atoms with Gasteiger partial charge in [0, 0.05) is 49.8 Å². The van der Waals surface area contributed by atoms with E-state index in [1.165, 1.54) is 43.2 Å². The molecule has 0 aromatic heterocycles. The molecule has 7 rings (SSSR count). The molecule has 4 aromatic carbocycles. The number of para-hydroxylation sites is 1. The molecule has 0 saturated carbocycles. The fourth-order valence-corrected chi connectivity index (χ4v) is 7.19. The number of allylic oxidation sites excluding steroid dienone is 3. The quantitative estimate of drug-likeness (QED) is 0.192. The zero-order valence-electron chi connectivity index (χ0n) is 26.1. The Hall–Kier alpha value is -4.80. The Bertz CT molecular complexity index is 2130. The van der Waals surface area contributed by atoms with Crippen molar-refractivity contribution < 1.29 is 4.42 Å². The first-order valence-electron chi connectivity index (χ1n) is 15.5. The van der Waals surface area contributed by atoms with E-state index < -0.39 is 0 Å². The molecule has 0 spiro atoms. The van der Waals surface area contributed by atoms with Crippen molar-refractivity contribution in [2.45, 2.75) is 50.3 Å². The third-order valence-corrected chi connectivity index (χ3v) is 9.66. The highest BCUT2D eigenvalue weighted by molar-refractivity contribution is 7.99. The minimum atomic E-state index is 0.818. The van der Waals surface area contributed by atoms with Gasteiger partial charge in [0.1, 0.15) is 11.3 Å². The van der Waals surface area contributed by atoms with Gasteiger partial charge in [0.05, 0.1) is 11.1 Å². The maximum Gasteiger partial charge on any atom is 0.137 e. The van der Waals surface area contributed by atoms with Crippen LogP contribution >= 0.6 is 11.8 Å². The molecule has 1 aliphatic heterocycles. The number of rotatable bonds is 6. The average Bonchev–Trinajstić information content (AvgIpc) is 3.04. The zero-order chi connectivity index (χ0) is 30.9. The summed E-state index contributed by atoms with van der Waals surface area (Å²) in [6.07, 6.45) is 4.42. The normalized spacial score (nSPS) is 13.9. The van der Waals surface area contributed by atoms with Gasteiger partial charge in [-0.15, -0.1) is 0 Å². The summed E-state index contributed by atoms with van der Waals surface area (Å²) < 4.78 is 6.75. The van der Waals surface area contributed by atoms with Gasteiger partial charge in [-0.1, -0.05) is 72.4 Å². The second-order valence-corrected chi connectivity index (χ2v) is 13.0. The van der Waals surface area contributed by atoms with Crippen LogP contribution in [-0.2, 0) is 0 Å². The van der Waals surface area contributed by atoms with Crippen LogP contribution in [0, 0.1) is 13.8 Å². The van der Waals surface area contributed by atoms with Crippen LogP contribution in [0.15, 0.2) is 151 Å². The predicted octanol–water partition coefficient (Wildman–Crippen LogP) is 11.6. The first-order chi connectivity index (χ1) is 21.9. The van der Waals surface area contributed by atoms with Crippen LogP contribution in [0.4, 0.5) is 11.4 Å². The van der Waals surface area contributed by atoms with Crippen LogP contribution in [0.5, 0.6) is 0 Å². The summed E-state index contributed by atoms with van der Waals surface area (Å²) in [5.74, 6) is 0.818. The molecular weight excluding hydrogens is 569 g/mol. The topological polar surface area (TPSA) is 37.5 Å². The van der Waals surface area contributed by atoms with Gasteiger partial charge >= 0.3 is 0 Å². The van der Waals surface area contributed by atoms with E-state index in [2.05, 4.69) is 148 Å². The van der Waals surface area contributed by atoms with Gasteiger partial charge in [-0.05, 0) is 111 Å². The fourth-order valence-electron chi connectivity index (χ4n) is 6.22. The fraction of sp³-hybridized carbons (Fsp3) is 0.146. The monoisotopic (exact) mass is 604 g/mol.